The first-order valence-electron chi connectivity index (χ1n) is 40.1. The zero-order chi connectivity index (χ0) is 91.9. The number of carbonyl (C=O) groups excluding carboxylic acids is 13. The van der Waals surface area contributed by atoms with Crippen molar-refractivity contribution in [2.45, 2.75) is 212 Å². The second-order valence-electron chi connectivity index (χ2n) is 30.3. The minimum Gasteiger partial charge on any atom is -0.370 e. The normalized spacial score (nSPS) is 13.7. The van der Waals surface area contributed by atoms with Gasteiger partial charge in [0.25, 0.3) is 0 Å². The monoisotopic (exact) mass is 1730 g/mol. The number of primary amides is 1. The van der Waals surface area contributed by atoms with Crippen LogP contribution in [0.4, 0.5) is 0 Å². The van der Waals surface area contributed by atoms with E-state index < -0.39 is 180 Å². The number of carbonyl (C=O) groups is 13. The zero-order valence-electron chi connectivity index (χ0n) is 70.3. The van der Waals surface area contributed by atoms with Gasteiger partial charge in [-0.15, -0.1) is 0 Å². The smallest absolute Gasteiger partial charge is 0.240 e. The molecule has 11 atom stereocenters. The van der Waals surface area contributed by atoms with Crippen molar-refractivity contribution in [1.82, 2.24) is 31.9 Å². The zero-order valence-corrected chi connectivity index (χ0v) is 71.2. The van der Waals surface area contributed by atoms with Crippen molar-refractivity contribution in [2.24, 2.45) is 195 Å². The summed E-state index contributed by atoms with van der Waals surface area (Å²) >= 11 is 4.13. The lowest BCUT2D eigenvalue weighted by Crippen LogP contribution is -2.50. The molecule has 0 saturated carbocycles. The molecule has 0 radical (unpaired) electrons. The predicted octanol–water partition coefficient (Wildman–Crippen LogP) is -8.06. The van der Waals surface area contributed by atoms with Crippen molar-refractivity contribution in [3.05, 3.63) is 0 Å². The number of hydrogen-bond acceptors (Lipinski definition) is 23. The fraction of sp³-hybridized carbons (Fsp3) is 0.699. The average molecular weight is 1730 g/mol. The maximum absolute atomic E-state index is 15.2. The Morgan fingerprint density at radius 1 is 0.281 bits per heavy atom. The van der Waals surface area contributed by atoms with Crippen LogP contribution in [-0.4, -0.2) is 231 Å². The van der Waals surface area contributed by atoms with E-state index in [9.17, 15) is 43.2 Å². The molecule has 0 rings (SSSR count). The van der Waals surface area contributed by atoms with Crippen LogP contribution in [-0.2, 0) is 62.3 Å². The molecule has 0 fully saturated rings. The Kier molecular flexibility index (Phi) is 54.6. The molecule has 48 heteroatoms. The first-order chi connectivity index (χ1) is 56.8. The van der Waals surface area contributed by atoms with Gasteiger partial charge in [0.15, 0.2) is 82.6 Å². The fourth-order valence-electron chi connectivity index (χ4n) is 12.2. The summed E-state index contributed by atoms with van der Waals surface area (Å²) < 4.78 is 0. The van der Waals surface area contributed by atoms with Crippen LogP contribution in [0.2, 0.25) is 0 Å². The fourth-order valence-corrected chi connectivity index (χ4v) is 12.5. The Hall–Kier alpha value is -11.9. The molecule has 0 heterocycles. The van der Waals surface area contributed by atoms with Crippen LogP contribution in [0.5, 0.6) is 0 Å². The molecule has 121 heavy (non-hydrogen) atoms. The molecular weight excluding hydrogens is 1590 g/mol. The van der Waals surface area contributed by atoms with Gasteiger partial charge in [-0.1, -0.05) is 27.7 Å². The van der Waals surface area contributed by atoms with Gasteiger partial charge in [-0.05, 0) is 116 Å². The van der Waals surface area contributed by atoms with Crippen molar-refractivity contribution in [2.75, 3.05) is 71.2 Å². The highest BCUT2D eigenvalue weighted by Crippen LogP contribution is 2.25. The summed E-state index contributed by atoms with van der Waals surface area (Å²) in [5.41, 5.74) is 106. The highest BCUT2D eigenvalue weighted by Gasteiger charge is 2.37. The summed E-state index contributed by atoms with van der Waals surface area (Å²) in [4.78, 5) is 221. The highest BCUT2D eigenvalue weighted by atomic mass is 32.1. The first-order valence-corrected chi connectivity index (χ1v) is 40.8. The largest absolute Gasteiger partial charge is 0.370 e. The average Bonchev–Trinajstić information content (AvgIpc) is 0.861. The van der Waals surface area contributed by atoms with Crippen molar-refractivity contribution >= 4 is 142 Å². The van der Waals surface area contributed by atoms with Crippen LogP contribution in [0.15, 0.2) is 44.9 Å². The standard InChI is InChI=1S/C73H138N34O13S/c1-40(32-56(113)73(2,3)4)58(115)102-38-46(108)33-41(14-5-23-93-64(75)76)59(116)103-47(19-10-28-98-69(85)86)52(109)34-42(15-6-24-94-65(77)78)60(117)104-48(20-11-29-99-70(87)88)53(110)35-43(16-7-25-95-66(79)80)61(118)105-49(21-12-30-100-71(89)90)54(111)36-44(17-8-26-96-67(81)82)62(119)106-50(22-13-31-101-72(91)92)55(112)37-45(18-9-27-97-68(83)84)63(120)107-51(39-121)57(74)114/h40-45,47-51,121H,5-39H2,1-4H3,(H2,74,114)(H,102,115)(H,103,116)(H,104,117)(H,105,118)(H,106,119)(H,107,120)(H4,75,76,93)(H4,77,78,94)(H4,79,80,95)(H4,81,82,96)(H4,83,84,97)(H4,85,86,98)(H4,87,88,99)(H4,89,90,100)(H4,91,92,101)/t40-,41+,42+,43+,44+,45+,47-,48-,49-,50-,51-/m1/s1. The molecule has 0 aromatic carbocycles. The molecule has 44 N–H and O–H groups in total. The quantitative estimate of drug-likeness (QED) is 0.0116. The number of ketones is 6. The number of amides is 7. The number of Topliss-reactive ketones (excluding diaryl/α,β-unsaturated/α-hetero) is 6. The highest BCUT2D eigenvalue weighted by molar-refractivity contribution is 7.80. The van der Waals surface area contributed by atoms with E-state index in [2.05, 4.69) is 89.5 Å². The number of nitrogens with one attached hydrogen (secondary N) is 6. The molecule has 0 unspecified atom stereocenters. The van der Waals surface area contributed by atoms with Gasteiger partial charge >= 0.3 is 0 Å². The van der Waals surface area contributed by atoms with Gasteiger partial charge in [-0.25, -0.2) is 0 Å². The second-order valence-corrected chi connectivity index (χ2v) is 30.7. The third-order valence-electron chi connectivity index (χ3n) is 18.8. The van der Waals surface area contributed by atoms with E-state index in [0.29, 0.717) is 0 Å². The predicted molar refractivity (Wildman–Crippen MR) is 469 cm³/mol. The molecule has 684 valence electrons. The van der Waals surface area contributed by atoms with E-state index in [1.54, 1.807) is 27.7 Å². The van der Waals surface area contributed by atoms with E-state index in [1.807, 2.05) is 0 Å². The van der Waals surface area contributed by atoms with Gasteiger partial charge in [0.2, 0.25) is 41.4 Å². The SMILES string of the molecule is C[C@H](CC(=O)C(C)(C)C)C(=O)NCC(=O)C[C@H](CCCN=C(N)N)C(=O)N[C@H](CCCN=C(N)N)C(=O)C[C@H](CCCN=C(N)N)C(=O)N[C@H](CCCN=C(N)N)C(=O)C[C@H](CCCN=C(N)N)C(=O)N[C@H](CCCN=C(N)N)C(=O)C[C@H](CCCN=C(N)N)C(=O)N[C@H](CCCN=C(N)N)C(=O)C[C@H](CCCN=C(N)N)C(=O)N[C@H](CS)C(N)=O. The van der Waals surface area contributed by atoms with Crippen LogP contribution in [0.3, 0.4) is 0 Å². The van der Waals surface area contributed by atoms with Crippen molar-refractivity contribution < 1.29 is 62.3 Å². The van der Waals surface area contributed by atoms with Crippen LogP contribution >= 0.6 is 12.6 Å². The number of nitrogens with zero attached hydrogens (tertiary/aromatic N) is 9. The number of thiol groups is 1. The first kappa shape index (κ1) is 109. The summed E-state index contributed by atoms with van der Waals surface area (Å²) in [6.45, 7) is 6.01. The lowest BCUT2D eigenvalue weighted by Gasteiger charge is -2.27. The van der Waals surface area contributed by atoms with Gasteiger partial charge in [-0.2, -0.15) is 12.6 Å². The molecular formula is C73H138N34O13S. The Morgan fingerprint density at radius 3 is 0.669 bits per heavy atom. The van der Waals surface area contributed by atoms with E-state index in [-0.39, 0.29) is 246 Å². The molecule has 0 aromatic heterocycles. The van der Waals surface area contributed by atoms with Crippen molar-refractivity contribution in [3.63, 3.8) is 0 Å². The third-order valence-corrected chi connectivity index (χ3v) is 19.2. The minimum absolute atomic E-state index is 0.00400. The molecule has 0 spiro atoms. The van der Waals surface area contributed by atoms with Gasteiger partial charge in [0.1, 0.15) is 11.8 Å². The molecule has 0 aliphatic carbocycles. The number of hydrogen-bond donors (Lipinski definition) is 26. The molecule has 0 aliphatic heterocycles. The van der Waals surface area contributed by atoms with E-state index in [0.717, 1.165) is 0 Å². The Morgan fingerprint density at radius 2 is 0.479 bits per heavy atom. The summed E-state index contributed by atoms with van der Waals surface area (Å²) in [6, 6.07) is -6.88. The lowest BCUT2D eigenvalue weighted by atomic mass is 9.85. The summed E-state index contributed by atoms with van der Waals surface area (Å²) in [7, 11) is 0. The maximum atomic E-state index is 15.2. The van der Waals surface area contributed by atoms with Crippen molar-refractivity contribution in [1.29, 1.82) is 0 Å². The summed E-state index contributed by atoms with van der Waals surface area (Å²) in [6.07, 6.45) is -2.89. The van der Waals surface area contributed by atoms with E-state index >= 15 is 19.2 Å². The number of aliphatic imine (C=N–C) groups is 9. The Balaban J connectivity index is 8.15. The number of rotatable bonds is 67. The van der Waals surface area contributed by atoms with Gasteiger partial charge in [-0.3, -0.25) is 107 Å². The molecule has 47 nitrogen and oxygen atoms in total. The van der Waals surface area contributed by atoms with Crippen LogP contribution < -0.4 is 141 Å². The summed E-state index contributed by atoms with van der Waals surface area (Å²) in [5, 5.41) is 16.2. The Labute approximate surface area is 711 Å². The van der Waals surface area contributed by atoms with Crippen molar-refractivity contribution in [3.8, 4) is 0 Å². The minimum atomic E-state index is -1.46. The number of guanidine groups is 9. The molecule has 7 amide bonds. The summed E-state index contributed by atoms with van der Waals surface area (Å²) in [5.74, 6) is -18.7. The second kappa shape index (κ2) is 60.5. The van der Waals surface area contributed by atoms with Gasteiger partial charge in [0.05, 0.1) is 30.7 Å². The van der Waals surface area contributed by atoms with Gasteiger partial charge in [0, 0.05) is 144 Å². The number of nitrogens with two attached hydrogens (primary N) is 19. The van der Waals surface area contributed by atoms with Gasteiger partial charge < -0.3 is 141 Å². The Bertz CT molecular complexity index is 3620. The molecule has 0 bridgehead atoms. The van der Waals surface area contributed by atoms with Crippen LogP contribution in [0.1, 0.15) is 182 Å². The molecule has 0 saturated heterocycles. The van der Waals surface area contributed by atoms with Crippen LogP contribution in [0, 0.1) is 40.9 Å². The van der Waals surface area contributed by atoms with E-state index in [1.165, 1.54) is 0 Å². The molecule has 0 aliphatic rings. The lowest BCUT2D eigenvalue weighted by molar-refractivity contribution is -0.136. The van der Waals surface area contributed by atoms with E-state index in [4.69, 9.17) is 109 Å². The van der Waals surface area contributed by atoms with Crippen LogP contribution in [0.25, 0.3) is 0 Å². The maximum Gasteiger partial charge on any atom is 0.240 e. The third kappa shape index (κ3) is 52.6. The molecule has 0 aromatic rings. The topological polar surface area (TPSA) is 900 Å².